The smallest absolute Gasteiger partial charge is 0.258 e. The molecule has 1 aliphatic heterocycles. The molecule has 1 unspecified atom stereocenters. The normalized spacial score (nSPS) is 21.2. The summed E-state index contributed by atoms with van der Waals surface area (Å²) >= 11 is 5.79. The van der Waals surface area contributed by atoms with Crippen molar-refractivity contribution in [2.24, 2.45) is 0 Å². The fraction of sp³-hybridized carbons (Fsp3) is 0.455. The number of amides is 1. The van der Waals surface area contributed by atoms with Crippen molar-refractivity contribution in [3.8, 4) is 0 Å². The van der Waals surface area contributed by atoms with E-state index in [4.69, 9.17) is 17.0 Å². The van der Waals surface area contributed by atoms with Gasteiger partial charge in [-0.1, -0.05) is 18.5 Å². The molecule has 1 amide bonds. The fourth-order valence-corrected chi connectivity index (χ4v) is 1.71. The molecule has 0 saturated carbocycles. The van der Waals surface area contributed by atoms with Crippen molar-refractivity contribution in [1.82, 2.24) is 10.2 Å². The highest BCUT2D eigenvalue weighted by Crippen LogP contribution is 2.27. The summed E-state index contributed by atoms with van der Waals surface area (Å²) in [4.78, 5) is 12.7. The van der Waals surface area contributed by atoms with E-state index in [9.17, 15) is 9.90 Å². The maximum atomic E-state index is 11.8. The molecule has 0 radical (unpaired) electrons. The van der Waals surface area contributed by atoms with Gasteiger partial charge in [-0.2, -0.15) is 0 Å². The third-order valence-electron chi connectivity index (χ3n) is 2.64. The summed E-state index contributed by atoms with van der Waals surface area (Å²) in [6, 6.07) is 0. The van der Waals surface area contributed by atoms with Crippen molar-refractivity contribution in [3.63, 3.8) is 0 Å². The summed E-state index contributed by atoms with van der Waals surface area (Å²) < 4.78 is 0. The SMILES string of the molecule is CC/C(=C/C(=N)N1C(=O)C(C)=C(Cl)C1O)NC. The lowest BCUT2D eigenvalue weighted by atomic mass is 10.3. The number of carbonyl (C=O) groups excluding carboxylic acids is 1. The van der Waals surface area contributed by atoms with Crippen LogP contribution in [0.15, 0.2) is 22.4 Å². The average Bonchev–Trinajstić information content (AvgIpc) is 2.50. The lowest BCUT2D eigenvalue weighted by Crippen LogP contribution is -2.39. The molecule has 0 saturated heterocycles. The minimum Gasteiger partial charge on any atom is -0.391 e. The van der Waals surface area contributed by atoms with Gasteiger partial charge in [0.15, 0.2) is 6.23 Å². The Labute approximate surface area is 105 Å². The Hall–Kier alpha value is -1.33. The topological polar surface area (TPSA) is 76.4 Å². The summed E-state index contributed by atoms with van der Waals surface area (Å²) in [5.41, 5.74) is 1.08. The predicted octanol–water partition coefficient (Wildman–Crippen LogP) is 1.15. The first-order chi connectivity index (χ1) is 7.93. The maximum absolute atomic E-state index is 11.8. The molecule has 1 aliphatic rings. The molecular formula is C11H16ClN3O2. The molecule has 94 valence electrons. The molecular weight excluding hydrogens is 242 g/mol. The van der Waals surface area contributed by atoms with Gasteiger partial charge in [0.05, 0.1) is 5.03 Å². The summed E-state index contributed by atoms with van der Waals surface area (Å²) in [5.74, 6) is -0.515. The molecule has 0 bridgehead atoms. The Morgan fingerprint density at radius 3 is 2.65 bits per heavy atom. The van der Waals surface area contributed by atoms with Crippen molar-refractivity contribution >= 4 is 23.3 Å². The number of aliphatic hydroxyl groups is 1. The second-order valence-corrected chi connectivity index (χ2v) is 4.09. The number of aliphatic hydroxyl groups excluding tert-OH is 1. The number of carbonyl (C=O) groups is 1. The number of nitrogens with zero attached hydrogens (tertiary/aromatic N) is 1. The molecule has 6 heteroatoms. The number of rotatable bonds is 3. The Kier molecular flexibility index (Phi) is 4.31. The molecule has 0 fully saturated rings. The van der Waals surface area contributed by atoms with Crippen LogP contribution in [-0.2, 0) is 4.79 Å². The highest BCUT2D eigenvalue weighted by molar-refractivity contribution is 6.34. The van der Waals surface area contributed by atoms with Gasteiger partial charge in [0.25, 0.3) is 5.91 Å². The molecule has 1 atom stereocenters. The second kappa shape index (κ2) is 5.33. The van der Waals surface area contributed by atoms with Gasteiger partial charge in [-0.15, -0.1) is 0 Å². The number of hydrogen-bond acceptors (Lipinski definition) is 4. The summed E-state index contributed by atoms with van der Waals surface area (Å²) in [5, 5.41) is 20.6. The molecule has 5 nitrogen and oxygen atoms in total. The average molecular weight is 258 g/mol. The Morgan fingerprint density at radius 2 is 2.29 bits per heavy atom. The molecule has 17 heavy (non-hydrogen) atoms. The first kappa shape index (κ1) is 13.7. The van der Waals surface area contributed by atoms with Gasteiger partial charge in [-0.3, -0.25) is 15.1 Å². The van der Waals surface area contributed by atoms with Crippen LogP contribution in [0, 0.1) is 5.41 Å². The zero-order valence-electron chi connectivity index (χ0n) is 10.0. The lowest BCUT2D eigenvalue weighted by Gasteiger charge is -2.20. The van der Waals surface area contributed by atoms with Gasteiger partial charge in [0.2, 0.25) is 0 Å². The third-order valence-corrected chi connectivity index (χ3v) is 3.12. The summed E-state index contributed by atoms with van der Waals surface area (Å²) in [7, 11) is 1.74. The second-order valence-electron chi connectivity index (χ2n) is 3.68. The predicted molar refractivity (Wildman–Crippen MR) is 66.6 cm³/mol. The number of hydrogen-bond donors (Lipinski definition) is 3. The number of amidine groups is 1. The number of nitrogens with one attached hydrogen (secondary N) is 2. The Bertz CT molecular complexity index is 409. The summed E-state index contributed by atoms with van der Waals surface area (Å²) in [6.45, 7) is 3.46. The van der Waals surface area contributed by atoms with E-state index in [1.807, 2.05) is 6.92 Å². The molecule has 1 rings (SSSR count). The van der Waals surface area contributed by atoms with Crippen molar-refractivity contribution in [2.45, 2.75) is 26.5 Å². The van der Waals surface area contributed by atoms with Crippen LogP contribution in [0.25, 0.3) is 0 Å². The molecule has 0 spiro atoms. The number of allylic oxidation sites excluding steroid dienone is 1. The fourth-order valence-electron chi connectivity index (χ4n) is 1.53. The van der Waals surface area contributed by atoms with Gasteiger partial charge in [0.1, 0.15) is 5.84 Å². The molecule has 0 aromatic rings. The van der Waals surface area contributed by atoms with E-state index in [-0.39, 0.29) is 16.4 Å². The van der Waals surface area contributed by atoms with E-state index in [1.54, 1.807) is 7.05 Å². The van der Waals surface area contributed by atoms with Crippen LogP contribution >= 0.6 is 11.6 Å². The molecule has 0 aliphatic carbocycles. The zero-order chi connectivity index (χ0) is 13.2. The van der Waals surface area contributed by atoms with Gasteiger partial charge >= 0.3 is 0 Å². The van der Waals surface area contributed by atoms with Crippen LogP contribution in [0.4, 0.5) is 0 Å². The van der Waals surface area contributed by atoms with Crippen LogP contribution in [0.1, 0.15) is 20.3 Å². The minimum atomic E-state index is -1.25. The molecule has 0 aromatic carbocycles. The van der Waals surface area contributed by atoms with Crippen LogP contribution < -0.4 is 5.32 Å². The van der Waals surface area contributed by atoms with Crippen molar-refractivity contribution in [2.75, 3.05) is 7.05 Å². The van der Waals surface area contributed by atoms with E-state index in [0.29, 0.717) is 6.42 Å². The van der Waals surface area contributed by atoms with Crippen molar-refractivity contribution in [1.29, 1.82) is 5.41 Å². The zero-order valence-corrected chi connectivity index (χ0v) is 10.8. The third kappa shape index (κ3) is 2.50. The van der Waals surface area contributed by atoms with Gasteiger partial charge in [0, 0.05) is 18.3 Å². The van der Waals surface area contributed by atoms with Crippen molar-refractivity contribution < 1.29 is 9.90 Å². The Morgan fingerprint density at radius 1 is 1.71 bits per heavy atom. The Balaban J connectivity index is 2.94. The highest BCUT2D eigenvalue weighted by Gasteiger charge is 2.36. The standard InChI is InChI=1S/C11H16ClN3O2/c1-4-7(14-3)5-8(13)15-10(16)6(2)9(12)11(15)17/h5,11,13-14,17H,4H2,1-3H3/b7-5-,13-8?. The van der Waals surface area contributed by atoms with Crippen LogP contribution in [-0.4, -0.2) is 35.0 Å². The minimum absolute atomic E-state index is 0.0793. The van der Waals surface area contributed by atoms with Gasteiger partial charge in [-0.25, -0.2) is 0 Å². The van der Waals surface area contributed by atoms with Crippen LogP contribution in [0.2, 0.25) is 0 Å². The summed E-state index contributed by atoms with van der Waals surface area (Å²) in [6.07, 6.45) is 0.962. The van der Waals surface area contributed by atoms with E-state index < -0.39 is 12.1 Å². The van der Waals surface area contributed by atoms with E-state index in [2.05, 4.69) is 5.32 Å². The largest absolute Gasteiger partial charge is 0.391 e. The first-order valence-electron chi connectivity index (χ1n) is 5.28. The number of halogens is 1. The van der Waals surface area contributed by atoms with E-state index in [1.165, 1.54) is 13.0 Å². The lowest BCUT2D eigenvalue weighted by molar-refractivity contribution is -0.126. The van der Waals surface area contributed by atoms with Crippen LogP contribution in [0.3, 0.4) is 0 Å². The maximum Gasteiger partial charge on any atom is 0.258 e. The molecule has 1 heterocycles. The molecule has 3 N–H and O–H groups in total. The first-order valence-corrected chi connectivity index (χ1v) is 5.66. The monoisotopic (exact) mass is 257 g/mol. The molecule has 0 aromatic heterocycles. The van der Waals surface area contributed by atoms with E-state index >= 15 is 0 Å². The van der Waals surface area contributed by atoms with Crippen LogP contribution in [0.5, 0.6) is 0 Å². The van der Waals surface area contributed by atoms with E-state index in [0.717, 1.165) is 10.6 Å². The van der Waals surface area contributed by atoms with Crippen molar-refractivity contribution in [3.05, 3.63) is 22.4 Å². The van der Waals surface area contributed by atoms with Gasteiger partial charge < -0.3 is 10.4 Å². The quantitative estimate of drug-likeness (QED) is 0.524. The van der Waals surface area contributed by atoms with Gasteiger partial charge in [-0.05, 0) is 19.4 Å². The highest BCUT2D eigenvalue weighted by atomic mass is 35.5.